The molecule has 3 rings (SSSR count). The molecule has 1 aromatic heterocycles. The Morgan fingerprint density at radius 1 is 1.37 bits per heavy atom. The van der Waals surface area contributed by atoms with E-state index in [1.807, 2.05) is 24.4 Å². The molecular formula is C16H19ClN2. The monoisotopic (exact) mass is 274 g/mol. The molecule has 0 spiro atoms. The third kappa shape index (κ3) is 2.60. The second kappa shape index (κ2) is 4.77. The van der Waals surface area contributed by atoms with Crippen molar-refractivity contribution >= 4 is 22.5 Å². The molecule has 0 bridgehead atoms. The standard InChI is InChI=1S/C16H19ClN2/c1-16(2)8-12(16)10-18-9-11-5-6-14(17)13-4-3-7-19-15(11)13/h3-7,12,18H,8-10H2,1-2H3. The van der Waals surface area contributed by atoms with Gasteiger partial charge >= 0.3 is 0 Å². The lowest BCUT2D eigenvalue weighted by Gasteiger charge is -2.09. The maximum Gasteiger partial charge on any atom is 0.0761 e. The maximum atomic E-state index is 6.20. The molecule has 1 aliphatic carbocycles. The van der Waals surface area contributed by atoms with Crippen LogP contribution in [-0.4, -0.2) is 11.5 Å². The summed E-state index contributed by atoms with van der Waals surface area (Å²) in [5, 5.41) is 5.36. The highest BCUT2D eigenvalue weighted by molar-refractivity contribution is 6.35. The Kier molecular flexibility index (Phi) is 3.23. The molecule has 1 saturated carbocycles. The van der Waals surface area contributed by atoms with Crippen molar-refractivity contribution in [3.63, 3.8) is 0 Å². The molecule has 0 amide bonds. The van der Waals surface area contributed by atoms with Crippen molar-refractivity contribution in [2.75, 3.05) is 6.54 Å². The lowest BCUT2D eigenvalue weighted by Crippen LogP contribution is -2.18. The Labute approximate surface area is 119 Å². The smallest absolute Gasteiger partial charge is 0.0761 e. The van der Waals surface area contributed by atoms with Gasteiger partial charge in [0.05, 0.1) is 5.52 Å². The molecule has 0 saturated heterocycles. The summed E-state index contributed by atoms with van der Waals surface area (Å²) in [6.45, 7) is 6.61. The molecule has 100 valence electrons. The molecule has 0 radical (unpaired) electrons. The van der Waals surface area contributed by atoms with Crippen LogP contribution in [0.5, 0.6) is 0 Å². The van der Waals surface area contributed by atoms with E-state index < -0.39 is 0 Å². The summed E-state index contributed by atoms with van der Waals surface area (Å²) in [6.07, 6.45) is 3.16. The molecule has 1 unspecified atom stereocenters. The van der Waals surface area contributed by atoms with Gasteiger partial charge in [0.1, 0.15) is 0 Å². The second-order valence-electron chi connectivity index (χ2n) is 6.13. The Balaban J connectivity index is 1.73. The topological polar surface area (TPSA) is 24.9 Å². The van der Waals surface area contributed by atoms with E-state index in [-0.39, 0.29) is 0 Å². The fourth-order valence-electron chi connectivity index (χ4n) is 2.64. The first-order valence-electron chi connectivity index (χ1n) is 6.81. The molecule has 1 N–H and O–H groups in total. The van der Waals surface area contributed by atoms with E-state index in [1.165, 1.54) is 12.0 Å². The highest BCUT2D eigenvalue weighted by atomic mass is 35.5. The van der Waals surface area contributed by atoms with Crippen LogP contribution in [0.2, 0.25) is 5.02 Å². The van der Waals surface area contributed by atoms with Crippen LogP contribution in [0, 0.1) is 11.3 Å². The average Bonchev–Trinajstić information content (AvgIpc) is 3.00. The zero-order valence-corrected chi connectivity index (χ0v) is 12.2. The quantitative estimate of drug-likeness (QED) is 0.911. The maximum absolute atomic E-state index is 6.20. The lowest BCUT2D eigenvalue weighted by atomic mass is 10.1. The van der Waals surface area contributed by atoms with Gasteiger partial charge in [-0.05, 0) is 48.1 Å². The zero-order valence-electron chi connectivity index (χ0n) is 11.4. The van der Waals surface area contributed by atoms with Crippen molar-refractivity contribution < 1.29 is 0 Å². The predicted octanol–water partition coefficient (Wildman–Crippen LogP) is 4.02. The predicted molar refractivity (Wildman–Crippen MR) is 80.3 cm³/mol. The summed E-state index contributed by atoms with van der Waals surface area (Å²) in [4.78, 5) is 4.46. The van der Waals surface area contributed by atoms with Crippen molar-refractivity contribution in [1.82, 2.24) is 10.3 Å². The number of pyridine rings is 1. The number of nitrogens with zero attached hydrogens (tertiary/aromatic N) is 1. The summed E-state index contributed by atoms with van der Waals surface area (Å²) in [7, 11) is 0. The van der Waals surface area contributed by atoms with Crippen LogP contribution in [0.15, 0.2) is 30.5 Å². The largest absolute Gasteiger partial charge is 0.312 e. The van der Waals surface area contributed by atoms with E-state index in [0.29, 0.717) is 5.41 Å². The van der Waals surface area contributed by atoms with E-state index in [0.717, 1.165) is 34.9 Å². The van der Waals surface area contributed by atoms with Crippen molar-refractivity contribution in [2.45, 2.75) is 26.8 Å². The minimum atomic E-state index is 0.535. The molecule has 1 fully saturated rings. The number of nitrogens with one attached hydrogen (secondary N) is 1. The number of aromatic nitrogens is 1. The fourth-order valence-corrected chi connectivity index (χ4v) is 2.86. The summed E-state index contributed by atoms with van der Waals surface area (Å²) < 4.78 is 0. The minimum absolute atomic E-state index is 0.535. The molecular weight excluding hydrogens is 256 g/mol. The number of fused-ring (bicyclic) bond motifs is 1. The van der Waals surface area contributed by atoms with Gasteiger partial charge in [0.15, 0.2) is 0 Å². The van der Waals surface area contributed by atoms with Crippen LogP contribution < -0.4 is 5.32 Å². The summed E-state index contributed by atoms with van der Waals surface area (Å²) in [5.74, 6) is 0.819. The summed E-state index contributed by atoms with van der Waals surface area (Å²) in [5.41, 5.74) is 2.77. The van der Waals surface area contributed by atoms with E-state index in [9.17, 15) is 0 Å². The summed E-state index contributed by atoms with van der Waals surface area (Å²) in [6, 6.07) is 7.99. The van der Waals surface area contributed by atoms with Gasteiger partial charge in [0.25, 0.3) is 0 Å². The highest BCUT2D eigenvalue weighted by Crippen LogP contribution is 2.51. The minimum Gasteiger partial charge on any atom is -0.312 e. The van der Waals surface area contributed by atoms with Crippen LogP contribution >= 0.6 is 11.6 Å². The van der Waals surface area contributed by atoms with Gasteiger partial charge in [-0.15, -0.1) is 0 Å². The van der Waals surface area contributed by atoms with Gasteiger partial charge in [0, 0.05) is 23.2 Å². The first kappa shape index (κ1) is 12.9. The second-order valence-corrected chi connectivity index (χ2v) is 6.53. The van der Waals surface area contributed by atoms with Crippen molar-refractivity contribution in [2.24, 2.45) is 11.3 Å². The zero-order chi connectivity index (χ0) is 13.5. The first-order chi connectivity index (χ1) is 9.08. The molecule has 1 heterocycles. The third-order valence-corrected chi connectivity index (χ3v) is 4.55. The van der Waals surface area contributed by atoms with E-state index >= 15 is 0 Å². The molecule has 1 aromatic carbocycles. The van der Waals surface area contributed by atoms with Gasteiger partial charge in [-0.1, -0.05) is 31.5 Å². The molecule has 0 aliphatic heterocycles. The van der Waals surface area contributed by atoms with Crippen molar-refractivity contribution in [3.05, 3.63) is 41.0 Å². The van der Waals surface area contributed by atoms with Gasteiger partial charge in [-0.25, -0.2) is 0 Å². The lowest BCUT2D eigenvalue weighted by molar-refractivity contribution is 0.520. The van der Waals surface area contributed by atoms with Crippen LogP contribution in [0.4, 0.5) is 0 Å². The molecule has 3 heteroatoms. The highest BCUT2D eigenvalue weighted by Gasteiger charge is 2.44. The van der Waals surface area contributed by atoms with Crippen LogP contribution in [-0.2, 0) is 6.54 Å². The molecule has 1 atom stereocenters. The van der Waals surface area contributed by atoms with Gasteiger partial charge in [0.2, 0.25) is 0 Å². The average molecular weight is 275 g/mol. The van der Waals surface area contributed by atoms with E-state index in [2.05, 4.69) is 30.2 Å². The fraction of sp³-hybridized carbons (Fsp3) is 0.438. The molecule has 19 heavy (non-hydrogen) atoms. The third-order valence-electron chi connectivity index (χ3n) is 4.22. The van der Waals surface area contributed by atoms with E-state index in [1.54, 1.807) is 0 Å². The molecule has 1 aliphatic rings. The molecule has 2 aromatic rings. The number of halogens is 1. The first-order valence-corrected chi connectivity index (χ1v) is 7.18. The Morgan fingerprint density at radius 3 is 2.89 bits per heavy atom. The number of hydrogen-bond acceptors (Lipinski definition) is 2. The Morgan fingerprint density at radius 2 is 2.16 bits per heavy atom. The SMILES string of the molecule is CC1(C)CC1CNCc1ccc(Cl)c2cccnc12. The molecule has 2 nitrogen and oxygen atoms in total. The number of benzene rings is 1. The normalized spacial score (nSPS) is 20.7. The van der Waals surface area contributed by atoms with Gasteiger partial charge in [-0.2, -0.15) is 0 Å². The van der Waals surface area contributed by atoms with Crippen LogP contribution in [0.3, 0.4) is 0 Å². The number of hydrogen-bond donors (Lipinski definition) is 1. The Hall–Kier alpha value is -1.12. The Bertz CT molecular complexity index is 607. The van der Waals surface area contributed by atoms with Crippen LogP contribution in [0.1, 0.15) is 25.8 Å². The van der Waals surface area contributed by atoms with Gasteiger partial charge < -0.3 is 5.32 Å². The van der Waals surface area contributed by atoms with Crippen LogP contribution in [0.25, 0.3) is 10.9 Å². The van der Waals surface area contributed by atoms with E-state index in [4.69, 9.17) is 11.6 Å². The van der Waals surface area contributed by atoms with Gasteiger partial charge in [-0.3, -0.25) is 4.98 Å². The van der Waals surface area contributed by atoms with Crippen molar-refractivity contribution in [1.29, 1.82) is 0 Å². The van der Waals surface area contributed by atoms with Crippen molar-refractivity contribution in [3.8, 4) is 0 Å². The summed E-state index contributed by atoms with van der Waals surface area (Å²) >= 11 is 6.20. The number of rotatable bonds is 4.